The Kier molecular flexibility index (Phi) is 10.9. The summed E-state index contributed by atoms with van der Waals surface area (Å²) in [4.78, 5) is 41.5. The second-order valence-corrected chi connectivity index (χ2v) is 11.9. The maximum atomic E-state index is 13.9. The summed E-state index contributed by atoms with van der Waals surface area (Å²) in [6.07, 6.45) is 1.71. The molecular weight excluding hydrogens is 450 g/mol. The van der Waals surface area contributed by atoms with Gasteiger partial charge in [-0.05, 0) is 86.3 Å². The second kappa shape index (κ2) is 12.5. The first-order valence-electron chi connectivity index (χ1n) is 11.7. The molecule has 0 bridgehead atoms. The zero-order chi connectivity index (χ0) is 26.3. The van der Waals surface area contributed by atoms with Crippen molar-refractivity contribution in [3.05, 3.63) is 35.4 Å². The van der Waals surface area contributed by atoms with E-state index in [2.05, 4.69) is 10.6 Å². The van der Waals surface area contributed by atoms with Crippen LogP contribution in [0.5, 0.6) is 0 Å². The highest BCUT2D eigenvalue weighted by molar-refractivity contribution is 7.98. The molecular formula is C26H43N3O4S. The van der Waals surface area contributed by atoms with Crippen LogP contribution in [0.3, 0.4) is 0 Å². The number of ether oxygens (including phenoxy) is 1. The molecule has 7 nitrogen and oxygen atoms in total. The number of nitrogens with one attached hydrogen (secondary N) is 2. The Balaban J connectivity index is 3.43. The molecule has 2 atom stereocenters. The molecule has 1 aromatic rings. The maximum absolute atomic E-state index is 13.9. The van der Waals surface area contributed by atoms with Gasteiger partial charge in [-0.1, -0.05) is 29.8 Å². The molecule has 34 heavy (non-hydrogen) atoms. The fourth-order valence-electron chi connectivity index (χ4n) is 3.43. The van der Waals surface area contributed by atoms with Crippen LogP contribution >= 0.6 is 11.8 Å². The summed E-state index contributed by atoms with van der Waals surface area (Å²) in [6.45, 7) is 16.8. The molecule has 0 saturated carbocycles. The number of alkyl carbamates (subject to hydrolysis) is 1. The first-order valence-corrected chi connectivity index (χ1v) is 13.1. The molecule has 0 aromatic heterocycles. The first-order chi connectivity index (χ1) is 15.6. The van der Waals surface area contributed by atoms with E-state index < -0.39 is 29.3 Å². The molecule has 8 heteroatoms. The molecule has 0 aliphatic carbocycles. The third-order valence-electron chi connectivity index (χ3n) is 4.83. The predicted molar refractivity (Wildman–Crippen MR) is 140 cm³/mol. The number of thioether (sulfide) groups is 1. The van der Waals surface area contributed by atoms with Crippen LogP contribution in [-0.2, 0) is 14.3 Å². The number of amides is 3. The number of hydrogen-bond acceptors (Lipinski definition) is 5. The van der Waals surface area contributed by atoms with E-state index in [1.165, 1.54) is 0 Å². The lowest BCUT2D eigenvalue weighted by Crippen LogP contribution is -2.56. The van der Waals surface area contributed by atoms with Gasteiger partial charge in [0.15, 0.2) is 0 Å². The minimum Gasteiger partial charge on any atom is -0.444 e. The van der Waals surface area contributed by atoms with Crippen LogP contribution in [0.1, 0.15) is 79.0 Å². The van der Waals surface area contributed by atoms with Crippen LogP contribution in [-0.4, -0.2) is 58.0 Å². The molecule has 0 aliphatic rings. The van der Waals surface area contributed by atoms with Crippen molar-refractivity contribution < 1.29 is 19.1 Å². The normalized spacial score (nSPS) is 13.7. The highest BCUT2D eigenvalue weighted by Crippen LogP contribution is 2.27. The Morgan fingerprint density at radius 2 is 1.59 bits per heavy atom. The smallest absolute Gasteiger partial charge is 0.408 e. The van der Waals surface area contributed by atoms with Crippen LogP contribution < -0.4 is 10.6 Å². The number of carbonyl (C=O) groups excluding carboxylic acids is 3. The molecule has 0 aliphatic heterocycles. The summed E-state index contributed by atoms with van der Waals surface area (Å²) in [6, 6.07) is 5.66. The minimum atomic E-state index is -0.843. The Labute approximate surface area is 209 Å². The highest BCUT2D eigenvalue weighted by Gasteiger charge is 2.38. The van der Waals surface area contributed by atoms with Gasteiger partial charge in [-0.15, -0.1) is 0 Å². The molecule has 0 spiro atoms. The minimum absolute atomic E-state index is 0.265. The highest BCUT2D eigenvalue weighted by atomic mass is 32.2. The van der Waals surface area contributed by atoms with Crippen molar-refractivity contribution in [3.63, 3.8) is 0 Å². The van der Waals surface area contributed by atoms with Crippen LogP contribution in [0.4, 0.5) is 4.79 Å². The molecule has 3 amide bonds. The van der Waals surface area contributed by atoms with Crippen molar-refractivity contribution in [1.82, 2.24) is 15.5 Å². The van der Waals surface area contributed by atoms with Gasteiger partial charge in [-0.25, -0.2) is 4.79 Å². The molecule has 2 N–H and O–H groups in total. The van der Waals surface area contributed by atoms with E-state index in [-0.39, 0.29) is 17.9 Å². The van der Waals surface area contributed by atoms with Gasteiger partial charge in [0.1, 0.15) is 17.7 Å². The summed E-state index contributed by atoms with van der Waals surface area (Å²) < 4.78 is 5.40. The van der Waals surface area contributed by atoms with E-state index in [0.717, 1.165) is 11.1 Å². The molecule has 0 heterocycles. The number of nitrogens with zero attached hydrogens (tertiary/aromatic N) is 1. The van der Waals surface area contributed by atoms with Crippen LogP contribution in [0.25, 0.3) is 0 Å². The lowest BCUT2D eigenvalue weighted by atomic mass is 9.98. The molecule has 0 saturated heterocycles. The van der Waals surface area contributed by atoms with E-state index in [1.807, 2.05) is 72.1 Å². The van der Waals surface area contributed by atoms with Gasteiger partial charge in [0.25, 0.3) is 0 Å². The average molecular weight is 494 g/mol. The summed E-state index contributed by atoms with van der Waals surface area (Å²) in [5, 5.41) is 5.78. The van der Waals surface area contributed by atoms with Gasteiger partial charge in [-0.3, -0.25) is 9.59 Å². The van der Waals surface area contributed by atoms with Crippen molar-refractivity contribution >= 4 is 29.7 Å². The van der Waals surface area contributed by atoms with E-state index in [9.17, 15) is 14.4 Å². The fourth-order valence-corrected chi connectivity index (χ4v) is 3.90. The number of benzene rings is 1. The Morgan fingerprint density at radius 1 is 1.03 bits per heavy atom. The quantitative estimate of drug-likeness (QED) is 0.514. The third kappa shape index (κ3) is 9.95. The van der Waals surface area contributed by atoms with Crippen LogP contribution in [0.2, 0.25) is 0 Å². The number of aryl methyl sites for hydroxylation is 1. The van der Waals surface area contributed by atoms with Gasteiger partial charge >= 0.3 is 6.09 Å². The maximum Gasteiger partial charge on any atom is 0.408 e. The standard InChI is InChI=1S/C26H43N3O4S/c1-17(2)29(23(31)20(15-16-34-10)27-24(32)33-26(7,8)9)21(22(30)28-25(4,5)6)19-13-11-18(3)12-14-19/h11-14,17,20-21H,15-16H2,1-10H3,(H,27,32)(H,28,30). The lowest BCUT2D eigenvalue weighted by Gasteiger charge is -2.38. The second-order valence-electron chi connectivity index (χ2n) is 10.9. The van der Waals surface area contributed by atoms with Crippen molar-refractivity contribution in [2.24, 2.45) is 0 Å². The zero-order valence-corrected chi connectivity index (χ0v) is 23.3. The summed E-state index contributed by atoms with van der Waals surface area (Å²) >= 11 is 1.59. The van der Waals surface area contributed by atoms with Crippen molar-refractivity contribution in [2.45, 2.75) is 98.0 Å². The van der Waals surface area contributed by atoms with Crippen molar-refractivity contribution in [2.75, 3.05) is 12.0 Å². The van der Waals surface area contributed by atoms with Gasteiger partial charge in [0.05, 0.1) is 0 Å². The zero-order valence-electron chi connectivity index (χ0n) is 22.4. The first kappa shape index (κ1) is 29.8. The van der Waals surface area contributed by atoms with Crippen LogP contribution in [0, 0.1) is 6.92 Å². The number of carbonyl (C=O) groups is 3. The van der Waals surface area contributed by atoms with Gasteiger partial charge in [-0.2, -0.15) is 11.8 Å². The third-order valence-corrected chi connectivity index (χ3v) is 5.47. The number of rotatable bonds is 9. The molecule has 0 radical (unpaired) electrons. The average Bonchev–Trinajstić information content (AvgIpc) is 2.66. The van der Waals surface area contributed by atoms with Crippen molar-refractivity contribution in [3.8, 4) is 0 Å². The summed E-state index contributed by atoms with van der Waals surface area (Å²) in [7, 11) is 0. The van der Waals surface area contributed by atoms with Crippen molar-refractivity contribution in [1.29, 1.82) is 0 Å². The monoisotopic (exact) mass is 493 g/mol. The Bertz CT molecular complexity index is 826. The molecule has 1 aromatic carbocycles. The largest absolute Gasteiger partial charge is 0.444 e. The molecule has 2 unspecified atom stereocenters. The van der Waals surface area contributed by atoms with Gasteiger partial charge < -0.3 is 20.3 Å². The molecule has 1 rings (SSSR count). The fraction of sp³-hybridized carbons (Fsp3) is 0.654. The SMILES string of the molecule is CSCCC(NC(=O)OC(C)(C)C)C(=O)N(C(C)C)C(C(=O)NC(C)(C)C)c1ccc(C)cc1. The van der Waals surface area contributed by atoms with Crippen LogP contribution in [0.15, 0.2) is 24.3 Å². The van der Waals surface area contributed by atoms with E-state index in [1.54, 1.807) is 37.4 Å². The summed E-state index contributed by atoms with van der Waals surface area (Å²) in [5.74, 6) is 0.0884. The van der Waals surface area contributed by atoms with E-state index in [0.29, 0.717) is 12.2 Å². The van der Waals surface area contributed by atoms with E-state index >= 15 is 0 Å². The Hall–Kier alpha value is -2.22. The predicted octanol–water partition coefficient (Wildman–Crippen LogP) is 4.83. The van der Waals surface area contributed by atoms with Gasteiger partial charge in [0, 0.05) is 11.6 Å². The summed E-state index contributed by atoms with van der Waals surface area (Å²) in [5.41, 5.74) is 0.617. The molecule has 0 fully saturated rings. The number of hydrogen-bond donors (Lipinski definition) is 2. The van der Waals surface area contributed by atoms with E-state index in [4.69, 9.17) is 4.74 Å². The Morgan fingerprint density at radius 3 is 2.03 bits per heavy atom. The molecule has 192 valence electrons. The topological polar surface area (TPSA) is 87.7 Å². The lowest BCUT2D eigenvalue weighted by molar-refractivity contribution is -0.145. The van der Waals surface area contributed by atoms with Gasteiger partial charge in [0.2, 0.25) is 11.8 Å².